The maximum Gasteiger partial charge on any atom is 0.411 e. The molecule has 172 valence electrons. The first-order valence-electron chi connectivity index (χ1n) is 11.3. The molecule has 1 atom stereocenters. The number of rotatable bonds is 8. The van der Waals surface area contributed by atoms with Gasteiger partial charge < -0.3 is 9.64 Å². The maximum atomic E-state index is 13.3. The molecule has 2 amide bonds. The van der Waals surface area contributed by atoms with Gasteiger partial charge in [-0.25, -0.2) is 14.8 Å². The summed E-state index contributed by atoms with van der Waals surface area (Å²) in [5, 5.41) is 1.11. The molecule has 3 heterocycles. The fourth-order valence-corrected chi connectivity index (χ4v) is 4.03. The number of carbonyl (C=O) groups is 2. The van der Waals surface area contributed by atoms with E-state index in [-0.39, 0.29) is 5.91 Å². The molecule has 0 fully saturated rings. The van der Waals surface area contributed by atoms with Crippen LogP contribution in [-0.4, -0.2) is 40.0 Å². The van der Waals surface area contributed by atoms with Gasteiger partial charge in [0.2, 0.25) is 6.23 Å². The van der Waals surface area contributed by atoms with Gasteiger partial charge in [-0.15, -0.1) is 0 Å². The van der Waals surface area contributed by atoms with Gasteiger partial charge in [-0.05, 0) is 43.2 Å². The van der Waals surface area contributed by atoms with Crippen LogP contribution in [0.25, 0.3) is 11.0 Å². The second-order valence-corrected chi connectivity index (χ2v) is 8.43. The van der Waals surface area contributed by atoms with Crippen LogP contribution in [0.1, 0.15) is 61.7 Å². The van der Waals surface area contributed by atoms with Gasteiger partial charge in [0.15, 0.2) is 5.65 Å². The minimum Gasteiger partial charge on any atom is -0.420 e. The van der Waals surface area contributed by atoms with E-state index in [4.69, 9.17) is 16.3 Å². The predicted octanol–water partition coefficient (Wildman–Crippen LogP) is 5.98. The first-order valence-corrected chi connectivity index (χ1v) is 11.7. The highest BCUT2D eigenvalue weighted by Gasteiger charge is 2.41. The lowest BCUT2D eigenvalue weighted by Gasteiger charge is -2.28. The summed E-state index contributed by atoms with van der Waals surface area (Å²) >= 11 is 6.04. The lowest BCUT2D eigenvalue weighted by molar-refractivity contribution is 0.0598. The zero-order valence-corrected chi connectivity index (χ0v) is 19.6. The number of fused-ring (bicyclic) bond motifs is 2. The van der Waals surface area contributed by atoms with E-state index in [0.29, 0.717) is 40.8 Å². The van der Waals surface area contributed by atoms with Crippen LogP contribution in [0.3, 0.4) is 0 Å². The summed E-state index contributed by atoms with van der Waals surface area (Å²) in [6, 6.07) is 14.2. The third kappa shape index (κ3) is 4.78. The van der Waals surface area contributed by atoms with Crippen LogP contribution >= 0.6 is 11.6 Å². The zero-order chi connectivity index (χ0) is 23.4. The lowest BCUT2D eigenvalue weighted by Crippen LogP contribution is -2.38. The molecule has 2 aromatic heterocycles. The Bertz CT molecular complexity index is 1160. The molecular formula is C25H27ClN4O3. The molecule has 4 rings (SSSR count). The highest BCUT2D eigenvalue weighted by Crippen LogP contribution is 2.38. The third-order valence-corrected chi connectivity index (χ3v) is 5.91. The van der Waals surface area contributed by atoms with Crippen molar-refractivity contribution in [1.82, 2.24) is 14.9 Å². The van der Waals surface area contributed by atoms with Gasteiger partial charge in [-0.3, -0.25) is 9.69 Å². The first-order chi connectivity index (χ1) is 16.0. The molecule has 33 heavy (non-hydrogen) atoms. The number of pyridine rings is 2. The van der Waals surface area contributed by atoms with Crippen molar-refractivity contribution in [2.45, 2.75) is 45.8 Å². The quantitative estimate of drug-likeness (QED) is 0.381. The molecule has 1 aliphatic rings. The summed E-state index contributed by atoms with van der Waals surface area (Å²) in [6.07, 6.45) is 2.39. The fourth-order valence-electron chi connectivity index (χ4n) is 3.89. The van der Waals surface area contributed by atoms with Crippen molar-refractivity contribution in [1.29, 1.82) is 0 Å². The van der Waals surface area contributed by atoms with E-state index in [9.17, 15) is 9.59 Å². The molecule has 0 bridgehead atoms. The number of anilines is 1. The molecule has 8 heteroatoms. The number of aromatic nitrogens is 2. The lowest BCUT2D eigenvalue weighted by atomic mass is 10.1. The van der Waals surface area contributed by atoms with Crippen LogP contribution in [0.15, 0.2) is 48.5 Å². The molecule has 0 N–H and O–H groups in total. The molecule has 3 aromatic rings. The second-order valence-electron chi connectivity index (χ2n) is 8.04. The van der Waals surface area contributed by atoms with Crippen LogP contribution in [0.2, 0.25) is 5.15 Å². The Morgan fingerprint density at radius 3 is 2.45 bits per heavy atom. The molecule has 7 nitrogen and oxygen atoms in total. The van der Waals surface area contributed by atoms with E-state index in [1.54, 1.807) is 29.2 Å². The number of amides is 2. The predicted molar refractivity (Wildman–Crippen MR) is 128 cm³/mol. The van der Waals surface area contributed by atoms with E-state index in [2.05, 4.69) is 23.8 Å². The number of hydrogen-bond acceptors (Lipinski definition) is 5. The summed E-state index contributed by atoms with van der Waals surface area (Å²) in [6.45, 7) is 5.41. The molecule has 0 saturated carbocycles. The van der Waals surface area contributed by atoms with E-state index in [1.165, 1.54) is 4.90 Å². The summed E-state index contributed by atoms with van der Waals surface area (Å²) in [5.74, 6) is 0.0795. The van der Waals surface area contributed by atoms with Crippen molar-refractivity contribution in [2.24, 2.45) is 0 Å². The number of halogens is 1. The van der Waals surface area contributed by atoms with Crippen LogP contribution in [0.4, 0.5) is 10.6 Å². The number of hydrogen-bond donors (Lipinski definition) is 0. The summed E-state index contributed by atoms with van der Waals surface area (Å²) in [4.78, 5) is 38.5. The van der Waals surface area contributed by atoms with Crippen molar-refractivity contribution in [3.05, 3.63) is 64.8 Å². The number of benzene rings is 1. The summed E-state index contributed by atoms with van der Waals surface area (Å²) < 4.78 is 5.97. The third-order valence-electron chi connectivity index (χ3n) is 5.69. The molecule has 1 aromatic carbocycles. The molecule has 1 aliphatic heterocycles. The van der Waals surface area contributed by atoms with Gasteiger partial charge in [0.1, 0.15) is 11.0 Å². The molecule has 0 spiro atoms. The van der Waals surface area contributed by atoms with Gasteiger partial charge in [-0.1, -0.05) is 56.5 Å². The molecule has 0 aliphatic carbocycles. The Balaban J connectivity index is 1.69. The van der Waals surface area contributed by atoms with E-state index in [1.807, 2.05) is 24.3 Å². The summed E-state index contributed by atoms with van der Waals surface area (Å²) in [7, 11) is 0. The molecular weight excluding hydrogens is 440 g/mol. The van der Waals surface area contributed by atoms with Crippen molar-refractivity contribution in [3.8, 4) is 0 Å². The Morgan fingerprint density at radius 2 is 1.73 bits per heavy atom. The largest absolute Gasteiger partial charge is 0.420 e. The van der Waals surface area contributed by atoms with Gasteiger partial charge in [-0.2, -0.15) is 0 Å². The van der Waals surface area contributed by atoms with Gasteiger partial charge >= 0.3 is 6.09 Å². The number of carbonyl (C=O) groups excluding carboxylic acids is 2. The van der Waals surface area contributed by atoms with Crippen molar-refractivity contribution in [2.75, 3.05) is 18.0 Å². The first kappa shape index (κ1) is 23.0. The van der Waals surface area contributed by atoms with Gasteiger partial charge in [0.05, 0.1) is 0 Å². The number of unbranched alkanes of at least 4 members (excludes halogenated alkanes) is 2. The van der Waals surface area contributed by atoms with Crippen molar-refractivity contribution >= 4 is 40.5 Å². The fraction of sp³-hybridized carbons (Fsp3) is 0.360. The number of nitrogens with zero attached hydrogens (tertiary/aromatic N) is 4. The average Bonchev–Trinajstić information content (AvgIpc) is 3.10. The van der Waals surface area contributed by atoms with Crippen LogP contribution in [-0.2, 0) is 4.74 Å². The van der Waals surface area contributed by atoms with Crippen LogP contribution < -0.4 is 4.90 Å². The van der Waals surface area contributed by atoms with Gasteiger partial charge in [0, 0.05) is 29.6 Å². The second kappa shape index (κ2) is 10.2. The number of ether oxygens (including phenoxy) is 1. The topological polar surface area (TPSA) is 75.6 Å². The van der Waals surface area contributed by atoms with E-state index >= 15 is 0 Å². The molecule has 0 radical (unpaired) electrons. The Labute approximate surface area is 198 Å². The highest BCUT2D eigenvalue weighted by molar-refractivity contribution is 6.29. The highest BCUT2D eigenvalue weighted by atomic mass is 35.5. The van der Waals surface area contributed by atoms with E-state index < -0.39 is 12.3 Å². The summed E-state index contributed by atoms with van der Waals surface area (Å²) in [5.41, 5.74) is 1.55. The van der Waals surface area contributed by atoms with E-state index in [0.717, 1.165) is 31.1 Å². The molecule has 0 saturated heterocycles. The monoisotopic (exact) mass is 466 g/mol. The SMILES string of the molecule is CCCCN(CCCC)C(=O)OC1c2ccccc2C(=O)N1c1ccc2ccc(Cl)nc2n1. The van der Waals surface area contributed by atoms with Crippen molar-refractivity contribution in [3.63, 3.8) is 0 Å². The smallest absolute Gasteiger partial charge is 0.411 e. The van der Waals surface area contributed by atoms with Crippen LogP contribution in [0, 0.1) is 0 Å². The Hall–Kier alpha value is -3.19. The average molecular weight is 467 g/mol. The van der Waals surface area contributed by atoms with Crippen molar-refractivity contribution < 1.29 is 14.3 Å². The van der Waals surface area contributed by atoms with Crippen LogP contribution in [0.5, 0.6) is 0 Å². The minimum absolute atomic E-state index is 0.272. The zero-order valence-electron chi connectivity index (χ0n) is 18.8. The normalized spacial score (nSPS) is 15.1. The minimum atomic E-state index is -0.906. The Morgan fingerprint density at radius 1 is 1.03 bits per heavy atom. The van der Waals surface area contributed by atoms with Gasteiger partial charge in [0.25, 0.3) is 5.91 Å². The maximum absolute atomic E-state index is 13.3. The Kier molecular flexibility index (Phi) is 7.08. The standard InChI is InChI=1S/C25H27ClN4O3/c1-3-5-15-29(16-6-4-2)25(32)33-24-19-10-8-7-9-18(19)23(31)30(24)21-14-12-17-11-13-20(26)27-22(17)28-21/h7-14,24H,3-6,15-16H2,1-2H3. The molecule has 1 unspecified atom stereocenters.